The van der Waals surface area contributed by atoms with E-state index < -0.39 is 4.92 Å². The van der Waals surface area contributed by atoms with Gasteiger partial charge in [-0.1, -0.05) is 17.8 Å². The fraction of sp³-hybridized carbons (Fsp3) is 0.231. The van der Waals surface area contributed by atoms with Crippen LogP contribution in [0.2, 0.25) is 0 Å². The summed E-state index contributed by atoms with van der Waals surface area (Å²) in [6.07, 6.45) is 0. The number of nitrogens with zero attached hydrogens (tertiary/aromatic N) is 5. The summed E-state index contributed by atoms with van der Waals surface area (Å²) in [5.74, 6) is 1.04. The number of ether oxygens (including phenoxy) is 1. The molecule has 0 saturated carbocycles. The van der Waals surface area contributed by atoms with Crippen molar-refractivity contribution in [2.24, 2.45) is 0 Å². The standard InChI is InChI=1S/C13H11N5O3S2/c1-7-14-15-13-16(7)17-11(23-13)6-22-12(17)8-3-4-10(21-2)9(5-8)18(19)20/h3-6,12H,1-2H3. The summed E-state index contributed by atoms with van der Waals surface area (Å²) in [7, 11) is 1.43. The fourth-order valence-electron chi connectivity index (χ4n) is 2.59. The Morgan fingerprint density at radius 3 is 2.96 bits per heavy atom. The van der Waals surface area contributed by atoms with E-state index in [9.17, 15) is 10.1 Å². The molecule has 0 spiro atoms. The van der Waals surface area contributed by atoms with E-state index in [0.717, 1.165) is 21.6 Å². The molecule has 1 aromatic heterocycles. The van der Waals surface area contributed by atoms with Crippen molar-refractivity contribution in [3.63, 3.8) is 0 Å². The number of rotatable bonds is 3. The third kappa shape index (κ3) is 2.09. The van der Waals surface area contributed by atoms with Crippen LogP contribution in [-0.4, -0.2) is 26.9 Å². The largest absolute Gasteiger partial charge is 0.490 e. The van der Waals surface area contributed by atoms with Crippen LogP contribution in [0.4, 0.5) is 5.69 Å². The molecular weight excluding hydrogens is 338 g/mol. The van der Waals surface area contributed by atoms with E-state index in [1.807, 2.05) is 23.1 Å². The molecule has 8 nitrogen and oxygen atoms in total. The van der Waals surface area contributed by atoms with Gasteiger partial charge < -0.3 is 4.74 Å². The molecule has 0 bridgehead atoms. The van der Waals surface area contributed by atoms with E-state index in [0.29, 0.717) is 0 Å². The van der Waals surface area contributed by atoms with Crippen LogP contribution in [0.25, 0.3) is 0 Å². The van der Waals surface area contributed by atoms with Crippen molar-refractivity contribution in [3.05, 3.63) is 50.1 Å². The lowest BCUT2D eigenvalue weighted by atomic mass is 10.2. The number of nitro benzene ring substituents is 1. The zero-order valence-corrected chi connectivity index (χ0v) is 13.8. The first-order valence-electron chi connectivity index (χ1n) is 6.67. The predicted molar refractivity (Wildman–Crippen MR) is 86.9 cm³/mol. The Kier molecular flexibility index (Phi) is 3.23. The van der Waals surface area contributed by atoms with Crippen LogP contribution in [0.3, 0.4) is 0 Å². The number of nitro groups is 1. The molecule has 0 amide bonds. The second-order valence-electron chi connectivity index (χ2n) is 4.92. The van der Waals surface area contributed by atoms with Crippen LogP contribution >= 0.6 is 23.5 Å². The van der Waals surface area contributed by atoms with E-state index in [2.05, 4.69) is 15.2 Å². The van der Waals surface area contributed by atoms with Crippen molar-refractivity contribution in [3.8, 4) is 5.75 Å². The summed E-state index contributed by atoms with van der Waals surface area (Å²) in [5, 5.41) is 25.3. The molecule has 2 aromatic rings. The maximum absolute atomic E-state index is 11.2. The van der Waals surface area contributed by atoms with Gasteiger partial charge in [-0.3, -0.25) is 15.1 Å². The highest BCUT2D eigenvalue weighted by atomic mass is 32.2. The van der Waals surface area contributed by atoms with Crippen LogP contribution < -0.4 is 9.75 Å². The van der Waals surface area contributed by atoms with Crippen LogP contribution in [0.5, 0.6) is 5.75 Å². The molecule has 3 heterocycles. The molecule has 0 fully saturated rings. The molecule has 0 N–H and O–H groups in total. The molecule has 1 unspecified atom stereocenters. The number of methoxy groups -OCH3 is 1. The lowest BCUT2D eigenvalue weighted by Gasteiger charge is -2.25. The average Bonchev–Trinajstić information content (AvgIpc) is 3.19. The minimum absolute atomic E-state index is 0.0356. The Balaban J connectivity index is 1.77. The molecule has 23 heavy (non-hydrogen) atoms. The van der Waals surface area contributed by atoms with Gasteiger partial charge in [0.15, 0.2) is 11.6 Å². The zero-order valence-electron chi connectivity index (χ0n) is 12.2. The molecule has 4 rings (SSSR count). The van der Waals surface area contributed by atoms with Gasteiger partial charge in [0.05, 0.1) is 12.0 Å². The molecule has 10 heteroatoms. The second kappa shape index (κ2) is 5.17. The monoisotopic (exact) mass is 349 g/mol. The number of aromatic nitrogens is 3. The Hall–Kier alpha value is -2.20. The van der Waals surface area contributed by atoms with Gasteiger partial charge in [0.25, 0.3) is 0 Å². The Bertz CT molecular complexity index is 850. The lowest BCUT2D eigenvalue weighted by Crippen LogP contribution is -2.30. The van der Waals surface area contributed by atoms with E-state index in [1.54, 1.807) is 35.7 Å². The minimum Gasteiger partial charge on any atom is -0.490 e. The summed E-state index contributed by atoms with van der Waals surface area (Å²) in [6, 6.07) is 5.05. The summed E-state index contributed by atoms with van der Waals surface area (Å²) in [5.41, 5.74) is 0.793. The SMILES string of the molecule is COc1ccc(C2SC=C3Sc4nnc(C)n4N32)cc1[N+](=O)[O-]. The lowest BCUT2D eigenvalue weighted by molar-refractivity contribution is -0.385. The first-order valence-corrected chi connectivity index (χ1v) is 8.43. The van der Waals surface area contributed by atoms with Crippen LogP contribution in [0.15, 0.2) is 33.8 Å². The fourth-order valence-corrected chi connectivity index (χ4v) is 4.85. The van der Waals surface area contributed by atoms with E-state index >= 15 is 0 Å². The zero-order chi connectivity index (χ0) is 16.1. The molecule has 0 saturated heterocycles. The normalized spacial score (nSPS) is 18.6. The molecule has 2 aliphatic rings. The number of thioether (sulfide) groups is 2. The van der Waals surface area contributed by atoms with Gasteiger partial charge in [-0.2, -0.15) is 0 Å². The molecule has 118 valence electrons. The van der Waals surface area contributed by atoms with Gasteiger partial charge in [0.1, 0.15) is 10.4 Å². The van der Waals surface area contributed by atoms with Gasteiger partial charge in [-0.05, 0) is 30.3 Å². The first kappa shape index (κ1) is 14.4. The summed E-state index contributed by atoms with van der Waals surface area (Å²) < 4.78 is 7.01. The predicted octanol–water partition coefficient (Wildman–Crippen LogP) is 2.79. The van der Waals surface area contributed by atoms with Gasteiger partial charge >= 0.3 is 5.69 Å². The van der Waals surface area contributed by atoms with E-state index in [4.69, 9.17) is 4.74 Å². The highest BCUT2D eigenvalue weighted by molar-refractivity contribution is 8.07. The van der Waals surface area contributed by atoms with Gasteiger partial charge in [-0.25, -0.2) is 4.68 Å². The number of hydrogen-bond donors (Lipinski definition) is 0. The highest BCUT2D eigenvalue weighted by Gasteiger charge is 2.39. The highest BCUT2D eigenvalue weighted by Crippen LogP contribution is 2.51. The smallest absolute Gasteiger partial charge is 0.311 e. The summed E-state index contributed by atoms with van der Waals surface area (Å²) >= 11 is 3.14. The van der Waals surface area contributed by atoms with Crippen molar-refractivity contribution >= 4 is 29.2 Å². The number of aryl methyl sites for hydroxylation is 1. The van der Waals surface area contributed by atoms with Gasteiger partial charge in [0, 0.05) is 11.5 Å². The molecular formula is C13H11N5O3S2. The average molecular weight is 349 g/mol. The van der Waals surface area contributed by atoms with Crippen molar-refractivity contribution < 1.29 is 9.66 Å². The van der Waals surface area contributed by atoms with E-state index in [1.165, 1.54) is 7.11 Å². The van der Waals surface area contributed by atoms with Gasteiger partial charge in [0.2, 0.25) is 5.16 Å². The number of fused-ring (bicyclic) bond motifs is 3. The van der Waals surface area contributed by atoms with Crippen LogP contribution in [0, 0.1) is 17.0 Å². The minimum atomic E-state index is -0.426. The third-order valence-corrected chi connectivity index (χ3v) is 5.80. The van der Waals surface area contributed by atoms with Crippen molar-refractivity contribution in [1.29, 1.82) is 0 Å². The Labute approximate surface area is 139 Å². The molecule has 1 aromatic carbocycles. The van der Waals surface area contributed by atoms with Crippen LogP contribution in [-0.2, 0) is 0 Å². The van der Waals surface area contributed by atoms with E-state index in [-0.39, 0.29) is 16.8 Å². The Morgan fingerprint density at radius 2 is 2.22 bits per heavy atom. The molecule has 1 atom stereocenters. The number of benzene rings is 1. The summed E-state index contributed by atoms with van der Waals surface area (Å²) in [4.78, 5) is 10.8. The Morgan fingerprint density at radius 1 is 1.39 bits per heavy atom. The summed E-state index contributed by atoms with van der Waals surface area (Å²) in [6.45, 7) is 1.89. The first-order chi connectivity index (χ1) is 11.1. The number of hydrogen-bond acceptors (Lipinski definition) is 8. The van der Waals surface area contributed by atoms with Gasteiger partial charge in [-0.15, -0.1) is 10.2 Å². The second-order valence-corrected chi connectivity index (χ2v) is 6.86. The maximum Gasteiger partial charge on any atom is 0.311 e. The topological polar surface area (TPSA) is 86.3 Å². The third-order valence-electron chi connectivity index (χ3n) is 3.61. The van der Waals surface area contributed by atoms with Crippen molar-refractivity contribution in [2.45, 2.75) is 17.5 Å². The van der Waals surface area contributed by atoms with Crippen molar-refractivity contribution in [1.82, 2.24) is 14.9 Å². The van der Waals surface area contributed by atoms with Crippen LogP contribution in [0.1, 0.15) is 16.8 Å². The quantitative estimate of drug-likeness (QED) is 0.617. The molecule has 2 aliphatic heterocycles. The van der Waals surface area contributed by atoms with Crippen molar-refractivity contribution in [2.75, 3.05) is 12.1 Å². The maximum atomic E-state index is 11.2. The molecule has 0 aliphatic carbocycles. The molecule has 0 radical (unpaired) electrons.